The monoisotopic (exact) mass is 288 g/mol. The van der Waals surface area contributed by atoms with E-state index >= 15 is 0 Å². The van der Waals surface area contributed by atoms with Crippen LogP contribution in [-0.4, -0.2) is 24.4 Å². The number of hydrogen-bond donors (Lipinski definition) is 0. The van der Waals surface area contributed by atoms with Gasteiger partial charge in [0.2, 0.25) is 0 Å². The van der Waals surface area contributed by atoms with E-state index in [4.69, 9.17) is 4.74 Å². The zero-order chi connectivity index (χ0) is 11.1. The van der Waals surface area contributed by atoms with Crippen molar-refractivity contribution in [3.05, 3.63) is 28.2 Å². The summed E-state index contributed by atoms with van der Waals surface area (Å²) in [6.07, 6.45) is 0.821. The number of benzene rings is 1. The van der Waals surface area contributed by atoms with E-state index in [0.29, 0.717) is 12.2 Å². The molecule has 0 saturated carbocycles. The van der Waals surface area contributed by atoms with Crippen LogP contribution in [0.5, 0.6) is 5.75 Å². The molecule has 0 radical (unpaired) electrons. The fourth-order valence-corrected chi connectivity index (χ4v) is 2.06. The SMILES string of the molecule is CCSCCOc1ccc(C=O)cc1Br. The van der Waals surface area contributed by atoms with E-state index in [9.17, 15) is 4.79 Å². The number of aldehydes is 1. The number of thioether (sulfide) groups is 1. The molecular weight excluding hydrogens is 276 g/mol. The third kappa shape index (κ3) is 4.26. The first kappa shape index (κ1) is 12.6. The molecule has 1 aromatic rings. The van der Waals surface area contributed by atoms with Crippen LogP contribution in [0.15, 0.2) is 22.7 Å². The topological polar surface area (TPSA) is 26.3 Å². The van der Waals surface area contributed by atoms with Crippen molar-refractivity contribution in [2.45, 2.75) is 6.92 Å². The van der Waals surface area contributed by atoms with Crippen LogP contribution in [0.3, 0.4) is 0 Å². The molecule has 0 aromatic heterocycles. The number of hydrogen-bond acceptors (Lipinski definition) is 3. The zero-order valence-corrected chi connectivity index (χ0v) is 10.9. The van der Waals surface area contributed by atoms with Gasteiger partial charge < -0.3 is 4.74 Å². The maximum atomic E-state index is 10.5. The Labute approximate surface area is 103 Å². The summed E-state index contributed by atoms with van der Waals surface area (Å²) < 4.78 is 6.38. The lowest BCUT2D eigenvalue weighted by Crippen LogP contribution is -2.01. The quantitative estimate of drug-likeness (QED) is 0.593. The molecule has 2 nitrogen and oxygen atoms in total. The second kappa shape index (κ2) is 6.90. The van der Waals surface area contributed by atoms with Crippen molar-refractivity contribution in [3.63, 3.8) is 0 Å². The van der Waals surface area contributed by atoms with Crippen LogP contribution >= 0.6 is 27.7 Å². The van der Waals surface area contributed by atoms with Crippen LogP contribution in [0.2, 0.25) is 0 Å². The summed E-state index contributed by atoms with van der Waals surface area (Å²) in [7, 11) is 0. The second-order valence-corrected chi connectivity index (χ2v) is 5.10. The Balaban J connectivity index is 2.50. The van der Waals surface area contributed by atoms with Crippen LogP contribution in [0.25, 0.3) is 0 Å². The number of carbonyl (C=O) groups is 1. The average molecular weight is 289 g/mol. The van der Waals surface area contributed by atoms with Gasteiger partial charge in [0.05, 0.1) is 11.1 Å². The average Bonchev–Trinajstić information content (AvgIpc) is 2.26. The molecule has 0 unspecified atom stereocenters. The molecule has 1 aromatic carbocycles. The molecular formula is C11H13BrO2S. The standard InChI is InChI=1S/C11H13BrO2S/c1-2-15-6-5-14-11-4-3-9(8-13)7-10(11)12/h3-4,7-8H,2,5-6H2,1H3. The first-order valence-electron chi connectivity index (χ1n) is 4.73. The van der Waals surface area contributed by atoms with Gasteiger partial charge in [-0.2, -0.15) is 11.8 Å². The molecule has 4 heteroatoms. The fraction of sp³-hybridized carbons (Fsp3) is 0.364. The molecule has 0 N–H and O–H groups in total. The van der Waals surface area contributed by atoms with Gasteiger partial charge in [0.1, 0.15) is 12.0 Å². The number of carbonyl (C=O) groups excluding carboxylic acids is 1. The Kier molecular flexibility index (Phi) is 5.79. The van der Waals surface area contributed by atoms with Gasteiger partial charge in [-0.3, -0.25) is 4.79 Å². The third-order valence-electron chi connectivity index (χ3n) is 1.78. The highest BCUT2D eigenvalue weighted by Crippen LogP contribution is 2.25. The van der Waals surface area contributed by atoms with E-state index in [0.717, 1.165) is 28.0 Å². The lowest BCUT2D eigenvalue weighted by molar-refractivity contribution is 0.112. The molecule has 0 atom stereocenters. The molecule has 0 fully saturated rings. The van der Waals surface area contributed by atoms with E-state index in [1.165, 1.54) is 0 Å². The predicted molar refractivity (Wildman–Crippen MR) is 68.0 cm³/mol. The molecule has 0 spiro atoms. The molecule has 0 saturated heterocycles. The van der Waals surface area contributed by atoms with E-state index < -0.39 is 0 Å². The van der Waals surface area contributed by atoms with Crippen molar-refractivity contribution in [3.8, 4) is 5.75 Å². The van der Waals surface area contributed by atoms with Crippen LogP contribution in [-0.2, 0) is 0 Å². The fourth-order valence-electron chi connectivity index (χ4n) is 1.06. The Hall–Kier alpha value is -0.480. The van der Waals surface area contributed by atoms with Gasteiger partial charge in [-0.1, -0.05) is 6.92 Å². The molecule has 0 aliphatic carbocycles. The van der Waals surface area contributed by atoms with Gasteiger partial charge in [0.15, 0.2) is 0 Å². The molecule has 0 aliphatic rings. The maximum Gasteiger partial charge on any atom is 0.150 e. The number of rotatable bonds is 6. The lowest BCUT2D eigenvalue weighted by Gasteiger charge is -2.07. The van der Waals surface area contributed by atoms with Gasteiger partial charge in [-0.25, -0.2) is 0 Å². The van der Waals surface area contributed by atoms with Crippen LogP contribution in [0, 0.1) is 0 Å². The molecule has 15 heavy (non-hydrogen) atoms. The largest absolute Gasteiger partial charge is 0.492 e. The van der Waals surface area contributed by atoms with E-state index in [-0.39, 0.29) is 0 Å². The summed E-state index contributed by atoms with van der Waals surface area (Å²) in [6, 6.07) is 5.32. The van der Waals surface area contributed by atoms with E-state index in [1.54, 1.807) is 12.1 Å². The second-order valence-electron chi connectivity index (χ2n) is 2.85. The van der Waals surface area contributed by atoms with E-state index in [1.807, 2.05) is 17.8 Å². The highest BCUT2D eigenvalue weighted by atomic mass is 79.9. The minimum atomic E-state index is 0.650. The van der Waals surface area contributed by atoms with Crippen molar-refractivity contribution in [1.29, 1.82) is 0 Å². The smallest absolute Gasteiger partial charge is 0.150 e. The number of halogens is 1. The van der Waals surface area contributed by atoms with Gasteiger partial charge in [0, 0.05) is 11.3 Å². The van der Waals surface area contributed by atoms with Gasteiger partial charge >= 0.3 is 0 Å². The molecule has 0 heterocycles. The highest BCUT2D eigenvalue weighted by molar-refractivity contribution is 9.10. The minimum Gasteiger partial charge on any atom is -0.492 e. The Bertz CT molecular complexity index is 328. The van der Waals surface area contributed by atoms with Gasteiger partial charge in [0.25, 0.3) is 0 Å². The van der Waals surface area contributed by atoms with Crippen molar-refractivity contribution in [2.75, 3.05) is 18.1 Å². The summed E-state index contributed by atoms with van der Waals surface area (Å²) in [5.74, 6) is 2.88. The van der Waals surface area contributed by atoms with Crippen molar-refractivity contribution >= 4 is 34.0 Å². The van der Waals surface area contributed by atoms with Crippen molar-refractivity contribution in [2.24, 2.45) is 0 Å². The van der Waals surface area contributed by atoms with Gasteiger partial charge in [-0.15, -0.1) is 0 Å². The van der Waals surface area contributed by atoms with Crippen molar-refractivity contribution < 1.29 is 9.53 Å². The minimum absolute atomic E-state index is 0.650. The highest BCUT2D eigenvalue weighted by Gasteiger charge is 2.01. The lowest BCUT2D eigenvalue weighted by atomic mass is 10.2. The molecule has 0 amide bonds. The van der Waals surface area contributed by atoms with Gasteiger partial charge in [-0.05, 0) is 39.9 Å². The normalized spacial score (nSPS) is 10.0. The molecule has 82 valence electrons. The Morgan fingerprint density at radius 2 is 2.33 bits per heavy atom. The maximum absolute atomic E-state index is 10.5. The van der Waals surface area contributed by atoms with Crippen LogP contribution in [0.1, 0.15) is 17.3 Å². The summed E-state index contributed by atoms with van der Waals surface area (Å²) in [6.45, 7) is 2.82. The number of ether oxygens (including phenoxy) is 1. The van der Waals surface area contributed by atoms with E-state index in [2.05, 4.69) is 22.9 Å². The first-order valence-corrected chi connectivity index (χ1v) is 6.68. The Morgan fingerprint density at radius 3 is 2.93 bits per heavy atom. The predicted octanol–water partition coefficient (Wildman–Crippen LogP) is 3.39. The third-order valence-corrected chi connectivity index (χ3v) is 3.26. The summed E-state index contributed by atoms with van der Waals surface area (Å²) >= 11 is 5.21. The van der Waals surface area contributed by atoms with Crippen LogP contribution in [0.4, 0.5) is 0 Å². The zero-order valence-electron chi connectivity index (χ0n) is 8.53. The summed E-state index contributed by atoms with van der Waals surface area (Å²) in [5.41, 5.74) is 0.650. The molecule has 0 aliphatic heterocycles. The Morgan fingerprint density at radius 1 is 1.53 bits per heavy atom. The molecule has 1 rings (SSSR count). The van der Waals surface area contributed by atoms with Crippen LogP contribution < -0.4 is 4.74 Å². The first-order chi connectivity index (χ1) is 7.27. The summed E-state index contributed by atoms with van der Waals surface area (Å²) in [4.78, 5) is 10.5. The molecule has 0 bridgehead atoms. The van der Waals surface area contributed by atoms with Crippen molar-refractivity contribution in [1.82, 2.24) is 0 Å². The summed E-state index contributed by atoms with van der Waals surface area (Å²) in [5, 5.41) is 0.